The Bertz CT molecular complexity index is 647. The second-order valence-corrected chi connectivity index (χ2v) is 4.63. The number of carbonyl (C=O) groups excluding carboxylic acids is 1. The van der Waals surface area contributed by atoms with E-state index in [2.05, 4.69) is 10.3 Å². The number of halogens is 3. The van der Waals surface area contributed by atoms with Gasteiger partial charge in [0.05, 0.1) is 10.6 Å². The molecule has 2 rings (SSSR count). The van der Waals surface area contributed by atoms with Crippen molar-refractivity contribution < 1.29 is 9.18 Å². The Morgan fingerprint density at radius 2 is 2.11 bits per heavy atom. The zero-order valence-corrected chi connectivity index (χ0v) is 11.4. The number of carbonyl (C=O) groups is 1. The fourth-order valence-electron chi connectivity index (χ4n) is 1.48. The molecule has 0 spiro atoms. The van der Waals surface area contributed by atoms with Crippen LogP contribution in [0.4, 0.5) is 10.1 Å². The van der Waals surface area contributed by atoms with Gasteiger partial charge in [0, 0.05) is 17.4 Å². The predicted octanol–water partition coefficient (Wildman–Crippen LogP) is 4.09. The molecule has 0 saturated heterocycles. The predicted molar refractivity (Wildman–Crippen MR) is 73.3 cm³/mol. The highest BCUT2D eigenvalue weighted by Crippen LogP contribution is 2.22. The van der Waals surface area contributed by atoms with Crippen molar-refractivity contribution in [2.45, 2.75) is 6.92 Å². The molecule has 1 heterocycles. The largest absolute Gasteiger partial charge is 0.322 e. The molecule has 0 aliphatic rings. The molecule has 98 valence electrons. The van der Waals surface area contributed by atoms with E-state index >= 15 is 0 Å². The number of anilines is 1. The summed E-state index contributed by atoms with van der Waals surface area (Å²) in [5, 5.41) is 2.90. The average molecular weight is 299 g/mol. The molecular weight excluding hydrogens is 290 g/mol. The lowest BCUT2D eigenvalue weighted by molar-refractivity contribution is 0.102. The fourth-order valence-corrected chi connectivity index (χ4v) is 1.75. The number of rotatable bonds is 2. The summed E-state index contributed by atoms with van der Waals surface area (Å²) >= 11 is 11.5. The molecule has 0 bridgehead atoms. The minimum absolute atomic E-state index is 0.125. The maximum atomic E-state index is 13.3. The zero-order valence-electron chi connectivity index (χ0n) is 9.88. The third-order valence-electron chi connectivity index (χ3n) is 2.57. The molecule has 0 radical (unpaired) electrons. The molecule has 0 aliphatic heterocycles. The first-order valence-corrected chi connectivity index (χ1v) is 6.12. The lowest BCUT2D eigenvalue weighted by Crippen LogP contribution is -2.13. The van der Waals surface area contributed by atoms with E-state index in [9.17, 15) is 9.18 Å². The average Bonchev–Trinajstić information content (AvgIpc) is 2.38. The molecule has 0 aliphatic carbocycles. The normalized spacial score (nSPS) is 10.3. The van der Waals surface area contributed by atoms with Crippen LogP contribution in [0.1, 0.15) is 15.9 Å². The van der Waals surface area contributed by atoms with E-state index in [1.54, 1.807) is 13.0 Å². The Morgan fingerprint density at radius 1 is 1.37 bits per heavy atom. The lowest BCUT2D eigenvalue weighted by atomic mass is 10.2. The van der Waals surface area contributed by atoms with E-state index in [0.29, 0.717) is 11.3 Å². The Balaban J connectivity index is 2.26. The number of hydrogen-bond donors (Lipinski definition) is 1. The van der Waals surface area contributed by atoms with Crippen LogP contribution in [-0.2, 0) is 0 Å². The van der Waals surface area contributed by atoms with Crippen molar-refractivity contribution in [1.82, 2.24) is 4.98 Å². The van der Waals surface area contributed by atoms with Gasteiger partial charge in [-0.3, -0.25) is 4.79 Å². The summed E-state index contributed by atoms with van der Waals surface area (Å²) < 4.78 is 13.3. The smallest absolute Gasteiger partial charge is 0.257 e. The molecule has 1 amide bonds. The van der Waals surface area contributed by atoms with Crippen LogP contribution < -0.4 is 5.32 Å². The topological polar surface area (TPSA) is 42.0 Å². The van der Waals surface area contributed by atoms with E-state index in [1.807, 2.05) is 0 Å². The van der Waals surface area contributed by atoms with Gasteiger partial charge in [0.2, 0.25) is 0 Å². The number of benzene rings is 1. The highest BCUT2D eigenvalue weighted by Gasteiger charge is 2.11. The summed E-state index contributed by atoms with van der Waals surface area (Å²) in [5.41, 5.74) is 1.01. The Labute approximate surface area is 119 Å². The molecule has 6 heteroatoms. The van der Waals surface area contributed by atoms with Crippen molar-refractivity contribution in [2.24, 2.45) is 0 Å². The Morgan fingerprint density at radius 3 is 2.79 bits per heavy atom. The number of amides is 1. The van der Waals surface area contributed by atoms with Gasteiger partial charge in [0.15, 0.2) is 0 Å². The number of aromatic nitrogens is 1. The van der Waals surface area contributed by atoms with Crippen LogP contribution in [0.5, 0.6) is 0 Å². The van der Waals surface area contributed by atoms with E-state index < -0.39 is 5.91 Å². The molecule has 2 aromatic rings. The van der Waals surface area contributed by atoms with Crippen LogP contribution in [0.3, 0.4) is 0 Å². The number of hydrogen-bond acceptors (Lipinski definition) is 2. The van der Waals surface area contributed by atoms with E-state index in [4.69, 9.17) is 23.2 Å². The third-order valence-corrected chi connectivity index (χ3v) is 3.26. The summed E-state index contributed by atoms with van der Waals surface area (Å²) in [6.07, 6.45) is 1.30. The van der Waals surface area contributed by atoms with Crippen LogP contribution in [0.25, 0.3) is 0 Å². The Kier molecular flexibility index (Phi) is 4.02. The molecule has 0 saturated carbocycles. The highest BCUT2D eigenvalue weighted by atomic mass is 35.5. The molecule has 1 aromatic heterocycles. The van der Waals surface area contributed by atoms with Crippen LogP contribution in [-0.4, -0.2) is 10.9 Å². The van der Waals surface area contributed by atoms with Crippen LogP contribution in [0.2, 0.25) is 10.2 Å². The molecule has 3 nitrogen and oxygen atoms in total. The van der Waals surface area contributed by atoms with Crippen molar-refractivity contribution in [1.29, 1.82) is 0 Å². The van der Waals surface area contributed by atoms with Crippen LogP contribution in [0, 0.1) is 12.7 Å². The first kappa shape index (κ1) is 13.8. The van der Waals surface area contributed by atoms with Gasteiger partial charge in [-0.2, -0.15) is 0 Å². The van der Waals surface area contributed by atoms with E-state index in [-0.39, 0.29) is 21.6 Å². The molecular formula is C13H9Cl2FN2O. The standard InChI is InChI=1S/C13H9Cl2FN2O/c1-7-10(16)3-2-4-11(7)18-13(19)8-5-9(14)12(15)17-6-8/h2-6H,1H3,(H,18,19). The van der Waals surface area contributed by atoms with E-state index in [0.717, 1.165) is 0 Å². The molecule has 19 heavy (non-hydrogen) atoms. The van der Waals surface area contributed by atoms with Gasteiger partial charge in [-0.05, 0) is 25.1 Å². The second kappa shape index (κ2) is 5.55. The summed E-state index contributed by atoms with van der Waals surface area (Å²) in [6, 6.07) is 5.86. The van der Waals surface area contributed by atoms with Crippen LogP contribution in [0.15, 0.2) is 30.5 Å². The van der Waals surface area contributed by atoms with Gasteiger partial charge in [0.1, 0.15) is 11.0 Å². The first-order chi connectivity index (χ1) is 8.99. The SMILES string of the molecule is Cc1c(F)cccc1NC(=O)c1cnc(Cl)c(Cl)c1. The fraction of sp³-hybridized carbons (Fsp3) is 0.0769. The van der Waals surface area contributed by atoms with Gasteiger partial charge in [-0.1, -0.05) is 29.3 Å². The first-order valence-electron chi connectivity index (χ1n) is 5.36. The van der Waals surface area contributed by atoms with Crippen molar-refractivity contribution in [3.8, 4) is 0 Å². The molecule has 0 fully saturated rings. The maximum Gasteiger partial charge on any atom is 0.257 e. The van der Waals surface area contributed by atoms with E-state index in [1.165, 1.54) is 24.4 Å². The summed E-state index contributed by atoms with van der Waals surface area (Å²) in [7, 11) is 0. The Hall–Kier alpha value is -1.65. The summed E-state index contributed by atoms with van der Waals surface area (Å²) in [6.45, 7) is 1.58. The summed E-state index contributed by atoms with van der Waals surface area (Å²) in [4.78, 5) is 15.7. The number of pyridine rings is 1. The maximum absolute atomic E-state index is 13.3. The number of nitrogens with zero attached hydrogens (tertiary/aromatic N) is 1. The van der Waals surface area contributed by atoms with Crippen molar-refractivity contribution >= 4 is 34.8 Å². The van der Waals surface area contributed by atoms with Crippen molar-refractivity contribution in [3.05, 3.63) is 57.6 Å². The van der Waals surface area contributed by atoms with Gasteiger partial charge in [-0.25, -0.2) is 9.37 Å². The second-order valence-electron chi connectivity index (χ2n) is 3.86. The third kappa shape index (κ3) is 3.03. The lowest BCUT2D eigenvalue weighted by Gasteiger charge is -2.09. The minimum Gasteiger partial charge on any atom is -0.322 e. The summed E-state index contributed by atoms with van der Waals surface area (Å²) in [5.74, 6) is -0.815. The quantitative estimate of drug-likeness (QED) is 0.849. The highest BCUT2D eigenvalue weighted by molar-refractivity contribution is 6.41. The zero-order chi connectivity index (χ0) is 14.0. The molecule has 1 N–H and O–H groups in total. The molecule has 0 unspecified atom stereocenters. The monoisotopic (exact) mass is 298 g/mol. The van der Waals surface area contributed by atoms with Gasteiger partial charge in [0.25, 0.3) is 5.91 Å². The van der Waals surface area contributed by atoms with Crippen molar-refractivity contribution in [3.63, 3.8) is 0 Å². The van der Waals surface area contributed by atoms with Gasteiger partial charge >= 0.3 is 0 Å². The van der Waals surface area contributed by atoms with Gasteiger partial charge in [-0.15, -0.1) is 0 Å². The van der Waals surface area contributed by atoms with Gasteiger partial charge < -0.3 is 5.32 Å². The minimum atomic E-state index is -0.431. The molecule has 0 atom stereocenters. The molecule has 1 aromatic carbocycles. The van der Waals surface area contributed by atoms with Crippen molar-refractivity contribution in [2.75, 3.05) is 5.32 Å². The number of nitrogens with one attached hydrogen (secondary N) is 1. The van der Waals surface area contributed by atoms with Crippen LogP contribution >= 0.6 is 23.2 Å².